The summed E-state index contributed by atoms with van der Waals surface area (Å²) in [6.45, 7) is 2.79. The maximum absolute atomic E-state index is 13.5. The van der Waals surface area contributed by atoms with Gasteiger partial charge in [-0.05, 0) is 36.6 Å². The molecule has 1 aliphatic heterocycles. The van der Waals surface area contributed by atoms with Crippen molar-refractivity contribution < 1.29 is 9.18 Å². The number of carbonyl (C=O) groups excluding carboxylic acids is 1. The molecule has 1 aliphatic rings. The van der Waals surface area contributed by atoms with E-state index >= 15 is 0 Å². The standard InChI is InChI=1S/C22H25ClFN7O/c23-16-3-1-2-15(10-16)12-30-8-5-22(14-25,6-9-30)31-13-18(20(26)32)21(29-31)28-17-4-7-27-19(24)11-17/h1-4,7,10-11,13H,5-6,8-9,12,14,25H2,(H2,26,32)(H,27,28,29). The van der Waals surface area contributed by atoms with Crippen LogP contribution in [0.3, 0.4) is 0 Å². The third-order valence-electron chi connectivity index (χ3n) is 5.92. The van der Waals surface area contributed by atoms with Gasteiger partial charge < -0.3 is 16.8 Å². The smallest absolute Gasteiger partial charge is 0.254 e. The number of anilines is 2. The van der Waals surface area contributed by atoms with Crippen molar-refractivity contribution in [2.75, 3.05) is 25.0 Å². The number of benzene rings is 1. The highest BCUT2D eigenvalue weighted by atomic mass is 35.5. The van der Waals surface area contributed by atoms with Crippen molar-refractivity contribution >= 4 is 29.0 Å². The van der Waals surface area contributed by atoms with Gasteiger partial charge in [0.1, 0.15) is 5.56 Å². The fraction of sp³-hybridized carbons (Fsp3) is 0.318. The average Bonchev–Trinajstić information content (AvgIpc) is 3.19. The Morgan fingerprint density at radius 2 is 2.03 bits per heavy atom. The monoisotopic (exact) mass is 457 g/mol. The quantitative estimate of drug-likeness (QED) is 0.470. The Hall–Kier alpha value is -3.01. The van der Waals surface area contributed by atoms with E-state index < -0.39 is 17.4 Å². The number of pyridine rings is 1. The van der Waals surface area contributed by atoms with Gasteiger partial charge in [0.15, 0.2) is 5.82 Å². The molecule has 0 aliphatic carbocycles. The lowest BCUT2D eigenvalue weighted by atomic mass is 9.87. The Morgan fingerprint density at radius 3 is 2.69 bits per heavy atom. The topological polar surface area (TPSA) is 115 Å². The summed E-state index contributed by atoms with van der Waals surface area (Å²) in [5.74, 6) is -1.00. The Bertz CT molecular complexity index is 1110. The number of nitrogens with one attached hydrogen (secondary N) is 1. The van der Waals surface area contributed by atoms with Crippen LogP contribution < -0.4 is 16.8 Å². The van der Waals surface area contributed by atoms with Crippen LogP contribution in [0.5, 0.6) is 0 Å². The normalized spacial score (nSPS) is 16.1. The summed E-state index contributed by atoms with van der Waals surface area (Å²) in [6, 6.07) is 10.6. The van der Waals surface area contributed by atoms with E-state index in [0.717, 1.165) is 43.1 Å². The molecule has 0 radical (unpaired) electrons. The average molecular weight is 458 g/mol. The summed E-state index contributed by atoms with van der Waals surface area (Å²) < 4.78 is 15.2. The van der Waals surface area contributed by atoms with Crippen molar-refractivity contribution in [3.05, 3.63) is 70.9 Å². The molecule has 2 aromatic heterocycles. The first kappa shape index (κ1) is 22.2. The molecule has 4 rings (SSSR count). The number of carbonyl (C=O) groups is 1. The largest absolute Gasteiger partial charge is 0.365 e. The van der Waals surface area contributed by atoms with Crippen LogP contribution in [0.4, 0.5) is 15.9 Å². The fourth-order valence-electron chi connectivity index (χ4n) is 4.05. The lowest BCUT2D eigenvalue weighted by Gasteiger charge is -2.41. The summed E-state index contributed by atoms with van der Waals surface area (Å²) >= 11 is 6.11. The number of piperidine rings is 1. The molecule has 1 aromatic carbocycles. The number of hydrogen-bond acceptors (Lipinski definition) is 6. The maximum atomic E-state index is 13.5. The number of hydrogen-bond donors (Lipinski definition) is 3. The van der Waals surface area contributed by atoms with Crippen LogP contribution in [0.15, 0.2) is 48.8 Å². The number of likely N-dealkylation sites (tertiary alicyclic amines) is 1. The molecule has 3 heterocycles. The predicted octanol–water partition coefficient (Wildman–Crippen LogP) is 2.86. The number of aromatic nitrogens is 3. The number of amides is 1. The highest BCUT2D eigenvalue weighted by molar-refractivity contribution is 6.30. The molecule has 1 saturated heterocycles. The molecule has 32 heavy (non-hydrogen) atoms. The van der Waals surface area contributed by atoms with Crippen molar-refractivity contribution in [3.8, 4) is 0 Å². The molecule has 5 N–H and O–H groups in total. The Balaban J connectivity index is 1.53. The molecule has 0 spiro atoms. The molecular weight excluding hydrogens is 433 g/mol. The minimum Gasteiger partial charge on any atom is -0.365 e. The van der Waals surface area contributed by atoms with E-state index in [1.54, 1.807) is 16.9 Å². The number of primary amides is 1. The van der Waals surface area contributed by atoms with Crippen LogP contribution in [0.2, 0.25) is 5.02 Å². The zero-order valence-corrected chi connectivity index (χ0v) is 18.2. The van der Waals surface area contributed by atoms with Gasteiger partial charge in [-0.2, -0.15) is 9.49 Å². The Labute approximate surface area is 190 Å². The molecule has 0 atom stereocenters. The molecular formula is C22H25ClFN7O. The van der Waals surface area contributed by atoms with Crippen LogP contribution in [-0.2, 0) is 12.1 Å². The first-order valence-electron chi connectivity index (χ1n) is 10.3. The highest BCUT2D eigenvalue weighted by Gasteiger charge is 2.37. The maximum Gasteiger partial charge on any atom is 0.254 e. The summed E-state index contributed by atoms with van der Waals surface area (Å²) in [7, 11) is 0. The molecule has 8 nitrogen and oxygen atoms in total. The molecule has 0 saturated carbocycles. The lowest BCUT2D eigenvalue weighted by Crippen LogP contribution is -2.50. The number of nitrogens with two attached hydrogens (primary N) is 2. The SMILES string of the molecule is NCC1(n2cc(C(N)=O)c(Nc3ccnc(F)c3)n2)CCN(Cc2cccc(Cl)c2)CC1. The molecule has 10 heteroatoms. The van der Waals surface area contributed by atoms with Crippen molar-refractivity contribution in [2.24, 2.45) is 11.5 Å². The molecule has 168 valence electrons. The zero-order valence-electron chi connectivity index (χ0n) is 17.5. The van der Waals surface area contributed by atoms with E-state index in [1.165, 1.54) is 12.3 Å². The van der Waals surface area contributed by atoms with Crippen LogP contribution in [-0.4, -0.2) is 45.2 Å². The van der Waals surface area contributed by atoms with Crippen molar-refractivity contribution in [1.29, 1.82) is 0 Å². The second-order valence-corrected chi connectivity index (χ2v) is 8.46. The summed E-state index contributed by atoms with van der Waals surface area (Å²) in [6.07, 6.45) is 4.47. The van der Waals surface area contributed by atoms with Crippen LogP contribution >= 0.6 is 11.6 Å². The molecule has 0 unspecified atom stereocenters. The van der Waals surface area contributed by atoms with Gasteiger partial charge >= 0.3 is 0 Å². The van der Waals surface area contributed by atoms with Crippen LogP contribution in [0.25, 0.3) is 0 Å². The summed E-state index contributed by atoms with van der Waals surface area (Å²) in [5, 5.41) is 8.28. The van der Waals surface area contributed by atoms with E-state index in [0.29, 0.717) is 12.2 Å². The fourth-order valence-corrected chi connectivity index (χ4v) is 4.27. The number of rotatable bonds is 7. The van der Waals surface area contributed by atoms with Gasteiger partial charge in [0, 0.05) is 55.3 Å². The molecule has 1 fully saturated rings. The van der Waals surface area contributed by atoms with Crippen molar-refractivity contribution in [1.82, 2.24) is 19.7 Å². The second-order valence-electron chi connectivity index (χ2n) is 8.03. The minimum absolute atomic E-state index is 0.219. The van der Waals surface area contributed by atoms with Crippen LogP contribution in [0.1, 0.15) is 28.8 Å². The van der Waals surface area contributed by atoms with Gasteiger partial charge in [-0.15, -0.1) is 0 Å². The molecule has 0 bridgehead atoms. The van der Waals surface area contributed by atoms with Gasteiger partial charge in [-0.25, -0.2) is 4.98 Å². The van der Waals surface area contributed by atoms with Crippen molar-refractivity contribution in [2.45, 2.75) is 24.9 Å². The first-order valence-corrected chi connectivity index (χ1v) is 10.7. The first-order chi connectivity index (χ1) is 15.4. The van der Waals surface area contributed by atoms with Crippen molar-refractivity contribution in [3.63, 3.8) is 0 Å². The van der Waals surface area contributed by atoms with Gasteiger partial charge in [0.2, 0.25) is 5.95 Å². The van der Waals surface area contributed by atoms with Gasteiger partial charge in [-0.3, -0.25) is 14.4 Å². The van der Waals surface area contributed by atoms with Gasteiger partial charge in [0.05, 0.1) is 5.54 Å². The van der Waals surface area contributed by atoms with E-state index in [2.05, 4.69) is 26.4 Å². The van der Waals surface area contributed by atoms with Crippen LogP contribution in [0, 0.1) is 5.95 Å². The number of nitrogens with zero attached hydrogens (tertiary/aromatic N) is 4. The molecule has 1 amide bonds. The number of halogens is 2. The lowest BCUT2D eigenvalue weighted by molar-refractivity contribution is 0.0984. The van der Waals surface area contributed by atoms with E-state index in [9.17, 15) is 9.18 Å². The summed E-state index contributed by atoms with van der Waals surface area (Å²) in [5.41, 5.74) is 13.1. The third kappa shape index (κ3) is 4.74. The minimum atomic E-state index is -0.638. The van der Waals surface area contributed by atoms with Gasteiger partial charge in [-0.1, -0.05) is 23.7 Å². The zero-order chi connectivity index (χ0) is 22.7. The predicted molar refractivity (Wildman–Crippen MR) is 121 cm³/mol. The Kier molecular flexibility index (Phi) is 6.40. The van der Waals surface area contributed by atoms with E-state index in [1.807, 2.05) is 18.2 Å². The second kappa shape index (κ2) is 9.23. The third-order valence-corrected chi connectivity index (χ3v) is 6.15. The van der Waals surface area contributed by atoms with E-state index in [4.69, 9.17) is 23.1 Å². The highest BCUT2D eigenvalue weighted by Crippen LogP contribution is 2.32. The van der Waals surface area contributed by atoms with E-state index in [-0.39, 0.29) is 11.4 Å². The summed E-state index contributed by atoms with van der Waals surface area (Å²) in [4.78, 5) is 17.9. The Morgan fingerprint density at radius 1 is 1.25 bits per heavy atom. The van der Waals surface area contributed by atoms with Gasteiger partial charge in [0.25, 0.3) is 5.91 Å². The molecule has 3 aromatic rings.